The first-order valence-electron chi connectivity index (χ1n) is 18.3. The van der Waals surface area contributed by atoms with E-state index < -0.39 is 10.0 Å². The Hall–Kier alpha value is -4.53. The number of ether oxygens (including phenoxy) is 1. The zero-order valence-corrected chi connectivity index (χ0v) is 31.7. The van der Waals surface area contributed by atoms with Crippen LogP contribution in [0.5, 0.6) is 5.75 Å². The van der Waals surface area contributed by atoms with E-state index in [1.165, 1.54) is 28.9 Å². The van der Waals surface area contributed by atoms with Gasteiger partial charge in [0.2, 0.25) is 16.0 Å². The molecule has 2 N–H and O–H groups in total. The van der Waals surface area contributed by atoms with Gasteiger partial charge >= 0.3 is 0 Å². The first-order chi connectivity index (χ1) is 25.1. The second-order valence-electron chi connectivity index (χ2n) is 14.0. The van der Waals surface area contributed by atoms with Crippen molar-refractivity contribution in [3.8, 4) is 5.75 Å². The highest BCUT2D eigenvalue weighted by atomic mass is 32.2. The Bertz CT molecular complexity index is 2060. The molecule has 0 radical (unpaired) electrons. The van der Waals surface area contributed by atoms with Crippen LogP contribution < -0.4 is 24.6 Å². The van der Waals surface area contributed by atoms with Gasteiger partial charge in [-0.1, -0.05) is 13.0 Å². The number of likely N-dealkylation sites (N-methyl/N-ethyl adjacent to an activating group) is 1. The molecule has 4 heterocycles. The van der Waals surface area contributed by atoms with E-state index in [9.17, 15) is 8.42 Å². The molecule has 2 fully saturated rings. The molecular weight excluding hydrogens is 677 g/mol. The molecule has 0 saturated carbocycles. The van der Waals surface area contributed by atoms with Crippen LogP contribution in [0.4, 0.5) is 34.5 Å². The summed E-state index contributed by atoms with van der Waals surface area (Å²) in [4.78, 5) is 26.3. The van der Waals surface area contributed by atoms with Crippen molar-refractivity contribution < 1.29 is 13.2 Å². The smallest absolute Gasteiger partial charge is 0.232 e. The Morgan fingerprint density at radius 1 is 0.981 bits per heavy atom. The number of fused-ring (bicyclic) bond motifs is 1. The summed E-state index contributed by atoms with van der Waals surface area (Å²) < 4.78 is 32.8. The van der Waals surface area contributed by atoms with E-state index in [1.54, 1.807) is 19.5 Å². The SMILES string of the molecule is CCc1cc(Nc2ncc(C3=CCCC3)c(Nc3ccc4nccnc4c3N(C)S(C)(=O)=O)n2)c(OC)cc1N1CCC(N2CCN(C)CC2)CC1. The summed E-state index contributed by atoms with van der Waals surface area (Å²) in [6.07, 6.45) is 14.5. The van der Waals surface area contributed by atoms with Crippen LogP contribution in [-0.4, -0.2) is 111 Å². The standard InChI is InChI=1S/C38H50N10O3S/c1-6-26-23-32(34(51-4)24-33(26)48-17-13-28(14-18-48)47-21-19-45(2)20-22-47)43-38-41-25-29(27-9-7-8-10-27)37(44-38)42-31-12-11-30-35(40-16-15-39-30)36(31)46(3)52(5,49)50/h9,11-12,15-16,23-25,28H,6-8,10,13-14,17-22H2,1-5H3,(H2,41,42,43,44). The van der Waals surface area contributed by atoms with Crippen LogP contribution in [0.15, 0.2) is 48.9 Å². The fraction of sp³-hybridized carbons (Fsp3) is 0.474. The van der Waals surface area contributed by atoms with Gasteiger partial charge in [0.25, 0.3) is 0 Å². The van der Waals surface area contributed by atoms with E-state index in [2.05, 4.69) is 67.5 Å². The number of aromatic nitrogens is 4. The molecule has 2 aromatic heterocycles. The molecule has 7 rings (SSSR count). The Morgan fingerprint density at radius 2 is 1.75 bits per heavy atom. The number of hydrogen-bond donors (Lipinski definition) is 2. The predicted molar refractivity (Wildman–Crippen MR) is 210 cm³/mol. The number of hydrogen-bond acceptors (Lipinski definition) is 12. The molecule has 3 aliphatic rings. The average molecular weight is 727 g/mol. The van der Waals surface area contributed by atoms with Crippen molar-refractivity contribution in [1.29, 1.82) is 0 Å². The van der Waals surface area contributed by atoms with Crippen molar-refractivity contribution in [3.63, 3.8) is 0 Å². The number of rotatable bonds is 11. The number of sulfonamides is 1. The van der Waals surface area contributed by atoms with Gasteiger partial charge in [-0.15, -0.1) is 0 Å². The maximum Gasteiger partial charge on any atom is 0.232 e. The minimum Gasteiger partial charge on any atom is -0.494 e. The van der Waals surface area contributed by atoms with Crippen LogP contribution in [-0.2, 0) is 16.4 Å². The fourth-order valence-corrected chi connectivity index (χ4v) is 8.18. The van der Waals surface area contributed by atoms with Gasteiger partial charge in [-0.25, -0.2) is 13.4 Å². The summed E-state index contributed by atoms with van der Waals surface area (Å²) in [5.74, 6) is 1.68. The monoisotopic (exact) mass is 726 g/mol. The topological polar surface area (TPSA) is 132 Å². The zero-order chi connectivity index (χ0) is 36.4. The van der Waals surface area contributed by atoms with Crippen molar-refractivity contribution in [3.05, 3.63) is 60.1 Å². The summed E-state index contributed by atoms with van der Waals surface area (Å²) in [6.45, 7) is 8.83. The molecule has 13 nitrogen and oxygen atoms in total. The molecule has 4 aromatic rings. The van der Waals surface area contributed by atoms with Gasteiger partial charge < -0.3 is 25.2 Å². The maximum atomic E-state index is 12.8. The van der Waals surface area contributed by atoms with E-state index in [-0.39, 0.29) is 0 Å². The van der Waals surface area contributed by atoms with Crippen molar-refractivity contribution in [1.82, 2.24) is 29.7 Å². The molecule has 0 unspecified atom stereocenters. The number of anilines is 6. The maximum absolute atomic E-state index is 12.8. The Morgan fingerprint density at radius 3 is 2.44 bits per heavy atom. The number of nitrogens with zero attached hydrogens (tertiary/aromatic N) is 8. The van der Waals surface area contributed by atoms with Gasteiger partial charge in [-0.2, -0.15) is 4.98 Å². The third-order valence-corrected chi connectivity index (χ3v) is 11.9. The van der Waals surface area contributed by atoms with Crippen LogP contribution in [0.25, 0.3) is 16.6 Å². The lowest BCUT2D eigenvalue weighted by molar-refractivity contribution is 0.0982. The van der Waals surface area contributed by atoms with Crippen molar-refractivity contribution in [2.45, 2.75) is 51.5 Å². The molecule has 0 bridgehead atoms. The molecule has 14 heteroatoms. The zero-order valence-electron chi connectivity index (χ0n) is 30.9. The third-order valence-electron chi connectivity index (χ3n) is 10.7. The first-order valence-corrected chi connectivity index (χ1v) is 20.1. The van der Waals surface area contributed by atoms with Gasteiger partial charge in [0.15, 0.2) is 0 Å². The second kappa shape index (κ2) is 15.2. The quantitative estimate of drug-likeness (QED) is 0.198. The lowest BCUT2D eigenvalue weighted by atomic mass is 9.99. The highest BCUT2D eigenvalue weighted by molar-refractivity contribution is 7.92. The Kier molecular flexibility index (Phi) is 10.5. The normalized spacial score (nSPS) is 17.7. The van der Waals surface area contributed by atoms with Crippen molar-refractivity contribution in [2.24, 2.45) is 0 Å². The van der Waals surface area contributed by atoms with Gasteiger partial charge in [-0.3, -0.25) is 19.2 Å². The average Bonchev–Trinajstić information content (AvgIpc) is 3.69. The van der Waals surface area contributed by atoms with E-state index in [0.29, 0.717) is 40.2 Å². The van der Waals surface area contributed by atoms with Crippen LogP contribution in [0, 0.1) is 0 Å². The summed E-state index contributed by atoms with van der Waals surface area (Å²) in [5.41, 5.74) is 7.24. The van der Waals surface area contributed by atoms with Gasteiger partial charge in [0, 0.05) is 88.3 Å². The third kappa shape index (κ3) is 7.50. The summed E-state index contributed by atoms with van der Waals surface area (Å²) in [7, 11) is 1.81. The van der Waals surface area contributed by atoms with Crippen molar-refractivity contribution in [2.75, 3.05) is 86.6 Å². The Balaban J connectivity index is 1.18. The fourth-order valence-electron chi connectivity index (χ4n) is 7.66. The van der Waals surface area contributed by atoms with Gasteiger partial charge in [0.1, 0.15) is 22.8 Å². The number of nitrogens with one attached hydrogen (secondary N) is 2. The molecule has 0 atom stereocenters. The highest BCUT2D eigenvalue weighted by Crippen LogP contribution is 2.40. The number of piperazine rings is 1. The largest absolute Gasteiger partial charge is 0.494 e. The van der Waals surface area contributed by atoms with Crippen LogP contribution in [0.2, 0.25) is 0 Å². The van der Waals surface area contributed by atoms with Gasteiger partial charge in [0.05, 0.1) is 30.3 Å². The van der Waals surface area contributed by atoms with E-state index in [0.717, 1.165) is 100 Å². The number of methoxy groups -OCH3 is 1. The van der Waals surface area contributed by atoms with E-state index in [4.69, 9.17) is 14.7 Å². The number of allylic oxidation sites excluding steroid dienone is 2. The highest BCUT2D eigenvalue weighted by Gasteiger charge is 2.28. The summed E-state index contributed by atoms with van der Waals surface area (Å²) in [5, 5.41) is 6.93. The number of aryl methyl sites for hydroxylation is 1. The molecule has 2 aliphatic heterocycles. The van der Waals surface area contributed by atoms with Crippen LogP contribution >= 0.6 is 0 Å². The lowest BCUT2D eigenvalue weighted by Crippen LogP contribution is -2.52. The van der Waals surface area contributed by atoms with Gasteiger partial charge in [-0.05, 0) is 74.9 Å². The number of benzene rings is 2. The second-order valence-corrected chi connectivity index (χ2v) is 16.0. The molecule has 0 amide bonds. The van der Waals surface area contributed by atoms with Crippen molar-refractivity contribution >= 4 is 61.1 Å². The first kappa shape index (κ1) is 35.9. The Labute approximate surface area is 307 Å². The molecule has 2 aromatic carbocycles. The van der Waals surface area contributed by atoms with E-state index >= 15 is 0 Å². The lowest BCUT2D eigenvalue weighted by Gasteiger charge is -2.43. The minimum atomic E-state index is -3.62. The molecule has 276 valence electrons. The van der Waals surface area contributed by atoms with E-state index in [1.807, 2.05) is 18.3 Å². The molecule has 0 spiro atoms. The summed E-state index contributed by atoms with van der Waals surface area (Å²) >= 11 is 0. The van der Waals surface area contributed by atoms with Crippen LogP contribution in [0.3, 0.4) is 0 Å². The number of piperidine rings is 1. The molecular formula is C38H50N10O3S. The van der Waals surface area contributed by atoms with Crippen LogP contribution in [0.1, 0.15) is 50.2 Å². The molecule has 52 heavy (non-hydrogen) atoms. The summed E-state index contributed by atoms with van der Waals surface area (Å²) in [6, 6.07) is 8.60. The predicted octanol–water partition coefficient (Wildman–Crippen LogP) is 5.66. The minimum absolute atomic E-state index is 0.393. The molecule has 2 saturated heterocycles. The molecule has 1 aliphatic carbocycles.